The number of piperidine rings is 1. The second-order valence-electron chi connectivity index (χ2n) is 7.38. The van der Waals surface area contributed by atoms with Gasteiger partial charge in [-0.05, 0) is 51.7 Å². The van der Waals surface area contributed by atoms with Crippen molar-refractivity contribution in [3.8, 4) is 5.75 Å². The Kier molecular flexibility index (Phi) is 8.47. The molecule has 1 aromatic rings. The van der Waals surface area contributed by atoms with E-state index in [-0.39, 0.29) is 30.1 Å². The largest absolute Gasteiger partial charge is 0.489 e. The van der Waals surface area contributed by atoms with Crippen molar-refractivity contribution >= 4 is 29.9 Å². The third-order valence-corrected chi connectivity index (χ3v) is 5.07. The smallest absolute Gasteiger partial charge is 0.191 e. The number of halogens is 1. The molecule has 1 saturated carbocycles. The zero-order valence-corrected chi connectivity index (χ0v) is 18.5. The average Bonchev–Trinajstić information content (AvgIpc) is 3.46. The van der Waals surface area contributed by atoms with Crippen LogP contribution in [0, 0.1) is 6.92 Å². The predicted molar refractivity (Wildman–Crippen MR) is 119 cm³/mol. The van der Waals surface area contributed by atoms with E-state index < -0.39 is 0 Å². The minimum atomic E-state index is 0. The van der Waals surface area contributed by atoms with Crippen LogP contribution in [-0.2, 0) is 0 Å². The summed E-state index contributed by atoms with van der Waals surface area (Å²) in [4.78, 5) is 7.01. The molecule has 1 aromatic carbocycles. The molecule has 1 atom stereocenters. The number of rotatable bonds is 6. The molecule has 1 saturated heterocycles. The van der Waals surface area contributed by atoms with E-state index in [1.807, 2.05) is 19.2 Å². The number of nitrogens with one attached hydrogen (secondary N) is 2. The third kappa shape index (κ3) is 6.61. The van der Waals surface area contributed by atoms with Crippen molar-refractivity contribution in [2.75, 3.05) is 26.7 Å². The van der Waals surface area contributed by atoms with Gasteiger partial charge in [-0.25, -0.2) is 0 Å². The highest BCUT2D eigenvalue weighted by molar-refractivity contribution is 14.0. The first-order chi connectivity index (χ1) is 12.1. The summed E-state index contributed by atoms with van der Waals surface area (Å²) < 4.78 is 5.95. The topological polar surface area (TPSA) is 48.9 Å². The lowest BCUT2D eigenvalue weighted by atomic mass is 10.1. The average molecular weight is 472 g/mol. The fourth-order valence-electron chi connectivity index (χ4n) is 3.37. The van der Waals surface area contributed by atoms with E-state index in [1.54, 1.807) is 0 Å². The summed E-state index contributed by atoms with van der Waals surface area (Å²) >= 11 is 0. The monoisotopic (exact) mass is 472 g/mol. The number of aliphatic imine (C=N–C) groups is 1. The molecule has 6 heteroatoms. The number of guanidine groups is 1. The highest BCUT2D eigenvalue weighted by Gasteiger charge is 2.31. The highest BCUT2D eigenvalue weighted by Crippen LogP contribution is 2.29. The van der Waals surface area contributed by atoms with E-state index in [9.17, 15) is 0 Å². The lowest BCUT2D eigenvalue weighted by molar-refractivity contribution is 0.196. The van der Waals surface area contributed by atoms with E-state index in [1.165, 1.54) is 44.3 Å². The van der Waals surface area contributed by atoms with E-state index >= 15 is 0 Å². The normalized spacial score (nSPS) is 20.2. The van der Waals surface area contributed by atoms with Crippen LogP contribution in [0.1, 0.15) is 38.2 Å². The zero-order chi connectivity index (χ0) is 17.6. The molecule has 1 heterocycles. The SMILES string of the molecule is CN=C(NCC(C)Oc1ccc(C)cc1)NC1CCN(C2CC2)CC1.I. The molecule has 2 fully saturated rings. The van der Waals surface area contributed by atoms with Gasteiger partial charge < -0.3 is 20.3 Å². The van der Waals surface area contributed by atoms with Crippen LogP contribution in [0.25, 0.3) is 0 Å². The first-order valence-electron chi connectivity index (χ1n) is 9.58. The zero-order valence-electron chi connectivity index (χ0n) is 16.2. The van der Waals surface area contributed by atoms with Crippen LogP contribution in [0.4, 0.5) is 0 Å². The van der Waals surface area contributed by atoms with Gasteiger partial charge in [0.15, 0.2) is 5.96 Å². The Hall–Kier alpha value is -1.02. The van der Waals surface area contributed by atoms with Gasteiger partial charge in [0, 0.05) is 32.2 Å². The van der Waals surface area contributed by atoms with E-state index in [2.05, 4.69) is 46.5 Å². The molecule has 3 rings (SSSR count). The maximum atomic E-state index is 5.95. The van der Waals surface area contributed by atoms with Crippen LogP contribution < -0.4 is 15.4 Å². The molecule has 0 bridgehead atoms. The standard InChI is InChI=1S/C20H32N4O.HI/c1-15-4-8-19(9-5-15)25-16(2)14-22-20(21-3)23-17-10-12-24(13-11-17)18-6-7-18;/h4-5,8-9,16-18H,6-7,10-14H2,1-3H3,(H2,21,22,23);1H. The molecule has 0 amide bonds. The van der Waals surface area contributed by atoms with Crippen LogP contribution in [-0.4, -0.2) is 55.7 Å². The number of hydrogen-bond donors (Lipinski definition) is 2. The summed E-state index contributed by atoms with van der Waals surface area (Å²) in [6.45, 7) is 7.32. The van der Waals surface area contributed by atoms with Crippen LogP contribution in [0.15, 0.2) is 29.3 Å². The Bertz CT molecular complexity index is 566. The van der Waals surface area contributed by atoms with E-state index in [0.717, 1.165) is 24.3 Å². The summed E-state index contributed by atoms with van der Waals surface area (Å²) in [6.07, 6.45) is 5.29. The third-order valence-electron chi connectivity index (χ3n) is 5.07. The summed E-state index contributed by atoms with van der Waals surface area (Å²) in [5, 5.41) is 6.96. The molecule has 1 unspecified atom stereocenters. The molecule has 1 aliphatic heterocycles. The highest BCUT2D eigenvalue weighted by atomic mass is 127. The second-order valence-corrected chi connectivity index (χ2v) is 7.38. The Morgan fingerprint density at radius 3 is 2.42 bits per heavy atom. The Morgan fingerprint density at radius 1 is 1.19 bits per heavy atom. The number of nitrogens with zero attached hydrogens (tertiary/aromatic N) is 2. The number of hydrogen-bond acceptors (Lipinski definition) is 3. The predicted octanol–water partition coefficient (Wildman–Crippen LogP) is 3.17. The van der Waals surface area contributed by atoms with Gasteiger partial charge in [0.25, 0.3) is 0 Å². The minimum Gasteiger partial charge on any atom is -0.489 e. The van der Waals surface area contributed by atoms with Gasteiger partial charge in [0.2, 0.25) is 0 Å². The van der Waals surface area contributed by atoms with Gasteiger partial charge in [-0.3, -0.25) is 4.99 Å². The van der Waals surface area contributed by atoms with Crippen LogP contribution in [0.5, 0.6) is 5.75 Å². The van der Waals surface area contributed by atoms with Gasteiger partial charge >= 0.3 is 0 Å². The molecule has 2 N–H and O–H groups in total. The molecular formula is C20H33IN4O. The van der Waals surface area contributed by atoms with Crippen molar-refractivity contribution in [2.45, 2.75) is 57.7 Å². The summed E-state index contributed by atoms with van der Waals surface area (Å²) in [5.74, 6) is 1.79. The first kappa shape index (κ1) is 21.3. The molecule has 1 aliphatic carbocycles. The van der Waals surface area contributed by atoms with Crippen molar-refractivity contribution in [1.29, 1.82) is 0 Å². The van der Waals surface area contributed by atoms with Crippen molar-refractivity contribution in [1.82, 2.24) is 15.5 Å². The molecule has 146 valence electrons. The van der Waals surface area contributed by atoms with Gasteiger partial charge in [0.05, 0.1) is 6.54 Å². The minimum absolute atomic E-state index is 0. The number of likely N-dealkylation sites (tertiary alicyclic amines) is 1. The molecule has 26 heavy (non-hydrogen) atoms. The number of aryl methyl sites for hydroxylation is 1. The van der Waals surface area contributed by atoms with Crippen LogP contribution in [0.3, 0.4) is 0 Å². The van der Waals surface area contributed by atoms with Crippen molar-refractivity contribution in [3.05, 3.63) is 29.8 Å². The van der Waals surface area contributed by atoms with Crippen LogP contribution >= 0.6 is 24.0 Å². The van der Waals surface area contributed by atoms with Gasteiger partial charge in [0.1, 0.15) is 11.9 Å². The Morgan fingerprint density at radius 2 is 1.85 bits per heavy atom. The van der Waals surface area contributed by atoms with Gasteiger partial charge in [-0.2, -0.15) is 0 Å². The van der Waals surface area contributed by atoms with Gasteiger partial charge in [-0.1, -0.05) is 17.7 Å². The molecule has 0 aromatic heterocycles. The lowest BCUT2D eigenvalue weighted by Crippen LogP contribution is -2.50. The van der Waals surface area contributed by atoms with Gasteiger partial charge in [-0.15, -0.1) is 24.0 Å². The summed E-state index contributed by atoms with van der Waals surface area (Å²) in [7, 11) is 1.83. The Labute approximate surface area is 175 Å². The molecular weight excluding hydrogens is 439 g/mol. The molecule has 0 radical (unpaired) electrons. The lowest BCUT2D eigenvalue weighted by Gasteiger charge is -2.33. The second kappa shape index (κ2) is 10.3. The molecule has 0 spiro atoms. The fourth-order valence-corrected chi connectivity index (χ4v) is 3.37. The fraction of sp³-hybridized carbons (Fsp3) is 0.650. The van der Waals surface area contributed by atoms with Crippen molar-refractivity contribution < 1.29 is 4.74 Å². The molecule has 2 aliphatic rings. The maximum absolute atomic E-state index is 5.95. The Balaban J connectivity index is 0.00000243. The van der Waals surface area contributed by atoms with E-state index in [4.69, 9.17) is 4.74 Å². The van der Waals surface area contributed by atoms with E-state index in [0.29, 0.717) is 6.04 Å². The maximum Gasteiger partial charge on any atom is 0.191 e. The number of benzene rings is 1. The summed E-state index contributed by atoms with van der Waals surface area (Å²) in [5.41, 5.74) is 1.25. The molecule has 5 nitrogen and oxygen atoms in total. The van der Waals surface area contributed by atoms with Crippen molar-refractivity contribution in [3.63, 3.8) is 0 Å². The number of ether oxygens (including phenoxy) is 1. The quantitative estimate of drug-likeness (QED) is 0.380. The summed E-state index contributed by atoms with van der Waals surface area (Å²) in [6, 6.07) is 9.60. The van der Waals surface area contributed by atoms with Crippen LogP contribution in [0.2, 0.25) is 0 Å². The van der Waals surface area contributed by atoms with Crippen molar-refractivity contribution in [2.24, 2.45) is 4.99 Å². The first-order valence-corrected chi connectivity index (χ1v) is 9.58.